The summed E-state index contributed by atoms with van der Waals surface area (Å²) >= 11 is 0. The van der Waals surface area contributed by atoms with Crippen molar-refractivity contribution in [2.75, 3.05) is 32.6 Å². The maximum absolute atomic E-state index is 12.8. The van der Waals surface area contributed by atoms with Gasteiger partial charge in [-0.2, -0.15) is 5.10 Å². The molecule has 2 aromatic carbocycles. The lowest BCUT2D eigenvalue weighted by Crippen LogP contribution is -2.41. The molecule has 2 amide bonds. The summed E-state index contributed by atoms with van der Waals surface area (Å²) < 4.78 is 13.6. The minimum atomic E-state index is -0.180. The van der Waals surface area contributed by atoms with Crippen molar-refractivity contribution < 1.29 is 14.3 Å². The molecule has 1 fully saturated rings. The van der Waals surface area contributed by atoms with Crippen LogP contribution >= 0.6 is 0 Å². The molecular weight excluding hydrogens is 410 g/mol. The molecule has 9 heteroatoms. The van der Waals surface area contributed by atoms with Gasteiger partial charge in [0, 0.05) is 49.9 Å². The van der Waals surface area contributed by atoms with Crippen LogP contribution in [-0.2, 0) is 7.05 Å². The van der Waals surface area contributed by atoms with Crippen LogP contribution in [0.4, 0.5) is 10.5 Å². The van der Waals surface area contributed by atoms with E-state index < -0.39 is 0 Å². The Balaban J connectivity index is 1.46. The molecule has 0 radical (unpaired) electrons. The standard InChI is InChI=1S/C23H27N5O4/c1-26-23(30)28(18-7-5-4-6-8-18)21(25-26)16-9-11-27(12-10-16)22(29)24-17-13-19(31-2)15-20(14-17)32-3/h4-8,13-16H,9-12H2,1-3H3,(H,24,29). The van der Waals surface area contributed by atoms with Crippen molar-refractivity contribution in [3.05, 3.63) is 64.8 Å². The number of carbonyl (C=O) groups is 1. The van der Waals surface area contributed by atoms with E-state index in [-0.39, 0.29) is 17.6 Å². The fraction of sp³-hybridized carbons (Fsp3) is 0.348. The molecule has 0 spiro atoms. The van der Waals surface area contributed by atoms with Crippen molar-refractivity contribution in [1.29, 1.82) is 0 Å². The van der Waals surface area contributed by atoms with Gasteiger partial charge in [-0.25, -0.2) is 18.8 Å². The van der Waals surface area contributed by atoms with Gasteiger partial charge < -0.3 is 19.7 Å². The molecule has 1 aliphatic rings. The number of rotatable bonds is 5. The van der Waals surface area contributed by atoms with Gasteiger partial charge in [0.2, 0.25) is 0 Å². The Morgan fingerprint density at radius 3 is 2.25 bits per heavy atom. The Bertz CT molecular complexity index is 1120. The van der Waals surface area contributed by atoms with E-state index in [1.165, 1.54) is 4.68 Å². The Morgan fingerprint density at radius 1 is 1.03 bits per heavy atom. The van der Waals surface area contributed by atoms with Crippen molar-refractivity contribution in [3.8, 4) is 17.2 Å². The summed E-state index contributed by atoms with van der Waals surface area (Å²) in [5.74, 6) is 2.03. The molecular formula is C23H27N5O4. The minimum absolute atomic E-state index is 0.0880. The number of piperidine rings is 1. The zero-order chi connectivity index (χ0) is 22.7. The number of likely N-dealkylation sites (tertiary alicyclic amines) is 1. The predicted octanol–water partition coefficient (Wildman–Crippen LogP) is 3.00. The number of amides is 2. The summed E-state index contributed by atoms with van der Waals surface area (Å²) in [6.07, 6.45) is 1.44. The third-order valence-corrected chi connectivity index (χ3v) is 5.71. The molecule has 1 aliphatic heterocycles. The largest absolute Gasteiger partial charge is 0.497 e. The van der Waals surface area contributed by atoms with Crippen molar-refractivity contribution in [3.63, 3.8) is 0 Å². The molecule has 0 bridgehead atoms. The van der Waals surface area contributed by atoms with E-state index in [0.717, 1.165) is 24.4 Å². The number of carbonyl (C=O) groups excluding carboxylic acids is 1. The fourth-order valence-electron chi connectivity index (χ4n) is 3.99. The number of urea groups is 1. The first-order chi connectivity index (χ1) is 15.5. The number of nitrogens with zero attached hydrogens (tertiary/aromatic N) is 4. The Hall–Kier alpha value is -3.75. The molecule has 0 saturated carbocycles. The molecule has 4 rings (SSSR count). The van der Waals surface area contributed by atoms with E-state index >= 15 is 0 Å². The van der Waals surface area contributed by atoms with Gasteiger partial charge in [0.05, 0.1) is 19.9 Å². The lowest BCUT2D eigenvalue weighted by atomic mass is 9.96. The van der Waals surface area contributed by atoms with Crippen molar-refractivity contribution >= 4 is 11.7 Å². The summed E-state index contributed by atoms with van der Waals surface area (Å²) in [5, 5.41) is 7.42. The van der Waals surface area contributed by atoms with Crippen LogP contribution in [0.5, 0.6) is 11.5 Å². The first-order valence-electron chi connectivity index (χ1n) is 10.5. The average molecular weight is 438 g/mol. The number of hydrogen-bond acceptors (Lipinski definition) is 5. The molecule has 9 nitrogen and oxygen atoms in total. The molecule has 0 atom stereocenters. The highest BCUT2D eigenvalue weighted by Crippen LogP contribution is 2.29. The minimum Gasteiger partial charge on any atom is -0.497 e. The zero-order valence-electron chi connectivity index (χ0n) is 18.4. The summed E-state index contributed by atoms with van der Waals surface area (Å²) in [5.41, 5.74) is 1.24. The van der Waals surface area contributed by atoms with Crippen LogP contribution in [-0.4, -0.2) is 52.6 Å². The van der Waals surface area contributed by atoms with E-state index in [1.54, 1.807) is 48.9 Å². The first kappa shape index (κ1) is 21.5. The monoisotopic (exact) mass is 437 g/mol. The third-order valence-electron chi connectivity index (χ3n) is 5.71. The number of anilines is 1. The zero-order valence-corrected chi connectivity index (χ0v) is 18.4. The van der Waals surface area contributed by atoms with Gasteiger partial charge in [0.25, 0.3) is 0 Å². The Morgan fingerprint density at radius 2 is 1.66 bits per heavy atom. The quantitative estimate of drug-likeness (QED) is 0.663. The van der Waals surface area contributed by atoms with E-state index in [1.807, 2.05) is 30.3 Å². The lowest BCUT2D eigenvalue weighted by molar-refractivity contribution is 0.193. The van der Waals surface area contributed by atoms with Crippen molar-refractivity contribution in [2.45, 2.75) is 18.8 Å². The van der Waals surface area contributed by atoms with Crippen LogP contribution in [0.1, 0.15) is 24.6 Å². The third kappa shape index (κ3) is 4.32. The SMILES string of the molecule is COc1cc(NC(=O)N2CCC(c3nn(C)c(=O)n3-c3ccccc3)CC2)cc(OC)c1. The summed E-state index contributed by atoms with van der Waals surface area (Å²) in [6, 6.07) is 14.6. The van der Waals surface area contributed by atoms with Crippen LogP contribution < -0.4 is 20.5 Å². The van der Waals surface area contributed by atoms with Gasteiger partial charge >= 0.3 is 11.7 Å². The maximum atomic E-state index is 12.8. The highest BCUT2D eigenvalue weighted by molar-refractivity contribution is 5.90. The summed E-state index contributed by atoms with van der Waals surface area (Å²) in [7, 11) is 4.80. The van der Waals surface area contributed by atoms with Gasteiger partial charge in [-0.15, -0.1) is 0 Å². The molecule has 1 saturated heterocycles. The summed E-state index contributed by atoms with van der Waals surface area (Å²) in [4.78, 5) is 27.3. The number of nitrogens with one attached hydrogen (secondary N) is 1. The second kappa shape index (κ2) is 9.17. The number of benzene rings is 2. The molecule has 3 aromatic rings. The van der Waals surface area contributed by atoms with Gasteiger partial charge in [-0.3, -0.25) is 0 Å². The number of ether oxygens (including phenoxy) is 2. The number of hydrogen-bond donors (Lipinski definition) is 1. The Kier molecular flexibility index (Phi) is 6.16. The number of aryl methyl sites for hydroxylation is 1. The fourth-order valence-corrected chi connectivity index (χ4v) is 3.99. The average Bonchev–Trinajstić information content (AvgIpc) is 3.13. The topological polar surface area (TPSA) is 90.6 Å². The van der Waals surface area contributed by atoms with Gasteiger partial charge in [-0.05, 0) is 25.0 Å². The number of aromatic nitrogens is 3. The highest BCUT2D eigenvalue weighted by Gasteiger charge is 2.29. The number of para-hydroxylation sites is 1. The molecule has 1 aromatic heterocycles. The normalized spacial score (nSPS) is 14.3. The maximum Gasteiger partial charge on any atom is 0.350 e. The molecule has 0 aliphatic carbocycles. The molecule has 2 heterocycles. The van der Waals surface area contributed by atoms with Gasteiger partial charge in [0.1, 0.15) is 17.3 Å². The second-order valence-corrected chi connectivity index (χ2v) is 7.73. The molecule has 1 N–H and O–H groups in total. The van der Waals surface area contributed by atoms with Crippen molar-refractivity contribution in [2.24, 2.45) is 7.05 Å². The highest BCUT2D eigenvalue weighted by atomic mass is 16.5. The Labute approximate surface area is 186 Å². The van der Waals surface area contributed by atoms with E-state index in [0.29, 0.717) is 30.3 Å². The van der Waals surface area contributed by atoms with Gasteiger partial charge in [0.15, 0.2) is 0 Å². The second-order valence-electron chi connectivity index (χ2n) is 7.73. The van der Waals surface area contributed by atoms with Crippen LogP contribution in [0.25, 0.3) is 5.69 Å². The van der Waals surface area contributed by atoms with Crippen molar-refractivity contribution in [1.82, 2.24) is 19.2 Å². The van der Waals surface area contributed by atoms with Crippen LogP contribution in [0.2, 0.25) is 0 Å². The molecule has 32 heavy (non-hydrogen) atoms. The van der Waals surface area contributed by atoms with Crippen LogP contribution in [0.15, 0.2) is 53.3 Å². The molecule has 168 valence electrons. The van der Waals surface area contributed by atoms with Crippen LogP contribution in [0, 0.1) is 0 Å². The number of methoxy groups -OCH3 is 2. The summed E-state index contributed by atoms with van der Waals surface area (Å²) in [6.45, 7) is 1.13. The van der Waals surface area contributed by atoms with E-state index in [2.05, 4.69) is 10.4 Å². The lowest BCUT2D eigenvalue weighted by Gasteiger charge is -2.31. The van der Waals surface area contributed by atoms with E-state index in [4.69, 9.17) is 9.47 Å². The smallest absolute Gasteiger partial charge is 0.350 e. The predicted molar refractivity (Wildman–Crippen MR) is 121 cm³/mol. The van der Waals surface area contributed by atoms with E-state index in [9.17, 15) is 9.59 Å². The van der Waals surface area contributed by atoms with Gasteiger partial charge in [-0.1, -0.05) is 18.2 Å². The first-order valence-corrected chi connectivity index (χ1v) is 10.5. The van der Waals surface area contributed by atoms with Crippen LogP contribution in [0.3, 0.4) is 0 Å². The molecule has 0 unspecified atom stereocenters.